The molecule has 0 bridgehead atoms. The van der Waals surface area contributed by atoms with Crippen molar-refractivity contribution in [3.8, 4) is 0 Å². The zero-order valence-electron chi connectivity index (χ0n) is 7.79. The molecule has 0 aliphatic rings. The molecule has 16 heavy (non-hydrogen) atoms. The van der Waals surface area contributed by atoms with Crippen molar-refractivity contribution in [2.24, 2.45) is 0 Å². The quantitative estimate of drug-likeness (QED) is 0.845. The van der Waals surface area contributed by atoms with E-state index in [2.05, 4.69) is 19.4 Å². The Bertz CT molecular complexity index is 582. The van der Waals surface area contributed by atoms with E-state index in [4.69, 9.17) is 11.6 Å². The number of sulfonamides is 1. The van der Waals surface area contributed by atoms with Gasteiger partial charge in [-0.2, -0.15) is 0 Å². The first-order valence-corrected chi connectivity index (χ1v) is 5.98. The molecular formula is C8H6ClN3O3S. The van der Waals surface area contributed by atoms with Gasteiger partial charge in [-0.3, -0.25) is 4.72 Å². The molecule has 2 aromatic heterocycles. The van der Waals surface area contributed by atoms with Crippen molar-refractivity contribution in [3.63, 3.8) is 0 Å². The molecule has 0 aliphatic heterocycles. The highest BCUT2D eigenvalue weighted by Crippen LogP contribution is 2.20. The van der Waals surface area contributed by atoms with Gasteiger partial charge in [-0.05, 0) is 12.1 Å². The van der Waals surface area contributed by atoms with E-state index in [0.29, 0.717) is 0 Å². The number of pyridine rings is 1. The molecule has 2 heterocycles. The SMILES string of the molecule is O=S(=O)(Nc1cnoc1)c1cccnc1Cl. The third-order valence-corrected chi connectivity index (χ3v) is 3.53. The minimum atomic E-state index is -3.76. The van der Waals surface area contributed by atoms with Crippen LogP contribution < -0.4 is 4.72 Å². The van der Waals surface area contributed by atoms with Crippen LogP contribution in [0.2, 0.25) is 5.15 Å². The molecule has 0 fully saturated rings. The maximum absolute atomic E-state index is 11.8. The monoisotopic (exact) mass is 259 g/mol. The first-order chi connectivity index (χ1) is 7.59. The predicted molar refractivity (Wildman–Crippen MR) is 56.6 cm³/mol. The molecule has 6 nitrogen and oxygen atoms in total. The van der Waals surface area contributed by atoms with Crippen molar-refractivity contribution in [1.29, 1.82) is 0 Å². The van der Waals surface area contributed by atoms with Crippen LogP contribution in [0.25, 0.3) is 0 Å². The van der Waals surface area contributed by atoms with Crippen molar-refractivity contribution in [3.05, 3.63) is 35.9 Å². The van der Waals surface area contributed by atoms with E-state index >= 15 is 0 Å². The Morgan fingerprint density at radius 3 is 2.88 bits per heavy atom. The Kier molecular flexibility index (Phi) is 2.80. The van der Waals surface area contributed by atoms with E-state index < -0.39 is 10.0 Å². The summed E-state index contributed by atoms with van der Waals surface area (Å²) in [7, 11) is -3.76. The van der Waals surface area contributed by atoms with Crippen molar-refractivity contribution in [2.45, 2.75) is 4.90 Å². The van der Waals surface area contributed by atoms with Gasteiger partial charge in [0.15, 0.2) is 0 Å². The number of nitrogens with one attached hydrogen (secondary N) is 1. The lowest BCUT2D eigenvalue weighted by molar-refractivity contribution is 0.420. The van der Waals surface area contributed by atoms with Crippen LogP contribution in [-0.2, 0) is 10.0 Å². The molecule has 0 atom stereocenters. The topological polar surface area (TPSA) is 85.1 Å². The summed E-state index contributed by atoms with van der Waals surface area (Å²) in [4.78, 5) is 3.58. The van der Waals surface area contributed by atoms with Gasteiger partial charge in [0.25, 0.3) is 10.0 Å². The second kappa shape index (κ2) is 4.11. The highest BCUT2D eigenvalue weighted by Gasteiger charge is 2.18. The normalized spacial score (nSPS) is 11.3. The van der Waals surface area contributed by atoms with Crippen LogP contribution in [-0.4, -0.2) is 18.6 Å². The number of anilines is 1. The summed E-state index contributed by atoms with van der Waals surface area (Å²) >= 11 is 5.68. The van der Waals surface area contributed by atoms with Crippen molar-refractivity contribution in [2.75, 3.05) is 4.72 Å². The first-order valence-electron chi connectivity index (χ1n) is 4.12. The summed E-state index contributed by atoms with van der Waals surface area (Å²) < 4.78 is 30.4. The average Bonchev–Trinajstić information content (AvgIpc) is 2.70. The molecule has 0 radical (unpaired) electrons. The molecule has 0 amide bonds. The summed E-state index contributed by atoms with van der Waals surface area (Å²) in [5.41, 5.74) is 0.222. The van der Waals surface area contributed by atoms with Crippen LogP contribution >= 0.6 is 11.6 Å². The first kappa shape index (κ1) is 10.9. The number of halogens is 1. The highest BCUT2D eigenvalue weighted by molar-refractivity contribution is 7.92. The van der Waals surface area contributed by atoms with Gasteiger partial charge >= 0.3 is 0 Å². The van der Waals surface area contributed by atoms with Crippen molar-refractivity contribution >= 4 is 27.3 Å². The standard InChI is InChI=1S/C8H6ClN3O3S/c9-8-7(2-1-3-10-8)16(13,14)12-6-4-11-15-5-6/h1-5,12H. The fourth-order valence-corrected chi connectivity index (χ4v) is 2.51. The molecule has 2 rings (SSSR count). The summed E-state index contributed by atoms with van der Waals surface area (Å²) in [5.74, 6) is 0. The lowest BCUT2D eigenvalue weighted by atomic mass is 10.5. The maximum atomic E-state index is 11.8. The summed E-state index contributed by atoms with van der Waals surface area (Å²) in [6, 6.07) is 2.83. The van der Waals surface area contributed by atoms with Crippen molar-refractivity contribution < 1.29 is 12.9 Å². The van der Waals surface area contributed by atoms with Crippen LogP contribution in [0, 0.1) is 0 Å². The zero-order chi connectivity index (χ0) is 11.6. The smallest absolute Gasteiger partial charge is 0.265 e. The molecular weight excluding hydrogens is 254 g/mol. The molecule has 0 aliphatic carbocycles. The van der Waals surface area contributed by atoms with Crippen LogP contribution in [0.3, 0.4) is 0 Å². The van der Waals surface area contributed by atoms with Crippen LogP contribution in [0.1, 0.15) is 0 Å². The van der Waals surface area contributed by atoms with E-state index in [1.54, 1.807) is 0 Å². The minimum absolute atomic E-state index is 0.0912. The largest absolute Gasteiger partial charge is 0.362 e. The van der Waals surface area contributed by atoms with Gasteiger partial charge in [-0.15, -0.1) is 0 Å². The Hall–Kier alpha value is -1.60. The molecule has 84 valence electrons. The van der Waals surface area contributed by atoms with Gasteiger partial charge in [0.1, 0.15) is 22.0 Å². The number of hydrogen-bond acceptors (Lipinski definition) is 5. The fraction of sp³-hybridized carbons (Fsp3) is 0. The van der Waals surface area contributed by atoms with E-state index in [1.807, 2.05) is 0 Å². The van der Waals surface area contributed by atoms with Crippen LogP contribution in [0.5, 0.6) is 0 Å². The van der Waals surface area contributed by atoms with Gasteiger partial charge in [0, 0.05) is 6.20 Å². The highest BCUT2D eigenvalue weighted by atomic mass is 35.5. The van der Waals surface area contributed by atoms with Crippen molar-refractivity contribution in [1.82, 2.24) is 10.1 Å². The van der Waals surface area contributed by atoms with Gasteiger partial charge in [0.05, 0.1) is 6.20 Å². The van der Waals surface area contributed by atoms with E-state index in [9.17, 15) is 8.42 Å². The molecule has 0 aromatic carbocycles. The molecule has 0 saturated heterocycles. The average molecular weight is 260 g/mol. The second-order valence-electron chi connectivity index (χ2n) is 2.81. The molecule has 8 heteroatoms. The second-order valence-corrected chi connectivity index (χ2v) is 4.82. The molecule has 0 spiro atoms. The van der Waals surface area contributed by atoms with Crippen LogP contribution in [0.15, 0.2) is 40.2 Å². The van der Waals surface area contributed by atoms with Crippen LogP contribution in [0.4, 0.5) is 5.69 Å². The predicted octanol–water partition coefficient (Wildman–Crippen LogP) is 1.52. The summed E-state index contributed by atoms with van der Waals surface area (Å²) in [6.07, 6.45) is 3.81. The molecule has 0 saturated carbocycles. The molecule has 0 unspecified atom stereocenters. The third kappa shape index (κ3) is 2.15. The number of rotatable bonds is 3. The summed E-state index contributed by atoms with van der Waals surface area (Å²) in [5, 5.41) is 3.28. The van der Waals surface area contributed by atoms with Gasteiger partial charge < -0.3 is 4.52 Å². The number of aromatic nitrogens is 2. The maximum Gasteiger partial charge on any atom is 0.265 e. The Labute approximate surface area is 96.3 Å². The third-order valence-electron chi connectivity index (χ3n) is 1.70. The number of hydrogen-bond donors (Lipinski definition) is 1. The Morgan fingerprint density at radius 1 is 1.44 bits per heavy atom. The molecule has 2 aromatic rings. The Morgan fingerprint density at radius 2 is 2.25 bits per heavy atom. The lowest BCUT2D eigenvalue weighted by Crippen LogP contribution is -2.13. The Balaban J connectivity index is 2.37. The van der Waals surface area contributed by atoms with E-state index in [0.717, 1.165) is 0 Å². The lowest BCUT2D eigenvalue weighted by Gasteiger charge is -2.05. The minimum Gasteiger partial charge on any atom is -0.362 e. The molecule has 1 N–H and O–H groups in total. The number of nitrogens with zero attached hydrogens (tertiary/aromatic N) is 2. The van der Waals surface area contributed by atoms with E-state index in [1.165, 1.54) is 30.8 Å². The van der Waals surface area contributed by atoms with Gasteiger partial charge in [0.2, 0.25) is 0 Å². The zero-order valence-corrected chi connectivity index (χ0v) is 9.36. The van der Waals surface area contributed by atoms with Gasteiger partial charge in [-0.1, -0.05) is 16.8 Å². The fourth-order valence-electron chi connectivity index (χ4n) is 1.04. The van der Waals surface area contributed by atoms with E-state index in [-0.39, 0.29) is 15.7 Å². The van der Waals surface area contributed by atoms with Gasteiger partial charge in [-0.25, -0.2) is 13.4 Å². The summed E-state index contributed by atoms with van der Waals surface area (Å²) in [6.45, 7) is 0.